The fourth-order valence-electron chi connectivity index (χ4n) is 2.76. The molecule has 0 aromatic heterocycles. The van der Waals surface area contributed by atoms with Crippen LogP contribution in [0.5, 0.6) is 0 Å². The lowest BCUT2D eigenvalue weighted by atomic mass is 9.99. The van der Waals surface area contributed by atoms with E-state index in [2.05, 4.69) is 6.92 Å². The Morgan fingerprint density at radius 1 is 1.20 bits per heavy atom. The summed E-state index contributed by atoms with van der Waals surface area (Å²) in [6.07, 6.45) is 9.85. The zero-order valence-electron chi connectivity index (χ0n) is 13.2. The van der Waals surface area contributed by atoms with Crippen LogP contribution in [0.3, 0.4) is 0 Å². The van der Waals surface area contributed by atoms with Gasteiger partial charge in [-0.3, -0.25) is 4.79 Å². The molecule has 0 aliphatic heterocycles. The van der Waals surface area contributed by atoms with E-state index in [0.717, 1.165) is 19.4 Å². The summed E-state index contributed by atoms with van der Waals surface area (Å²) < 4.78 is 10.9. The Labute approximate surface area is 123 Å². The van der Waals surface area contributed by atoms with E-state index < -0.39 is 5.54 Å². The molecule has 1 fully saturated rings. The van der Waals surface area contributed by atoms with Crippen LogP contribution in [-0.4, -0.2) is 30.8 Å². The first-order valence-electron chi connectivity index (χ1n) is 8.20. The van der Waals surface area contributed by atoms with Crippen molar-refractivity contribution in [3.63, 3.8) is 0 Å². The van der Waals surface area contributed by atoms with Gasteiger partial charge >= 0.3 is 5.97 Å². The van der Waals surface area contributed by atoms with E-state index >= 15 is 0 Å². The fraction of sp³-hybridized carbons (Fsp3) is 0.938. The molecule has 4 heteroatoms. The number of ether oxygens (including phenoxy) is 2. The first kappa shape index (κ1) is 17.4. The average molecular weight is 285 g/mol. The van der Waals surface area contributed by atoms with Crippen LogP contribution < -0.4 is 5.73 Å². The van der Waals surface area contributed by atoms with Crippen LogP contribution in [0.2, 0.25) is 0 Å². The third-order valence-electron chi connectivity index (χ3n) is 4.04. The second kappa shape index (κ2) is 9.35. The first-order valence-corrected chi connectivity index (χ1v) is 8.20. The highest BCUT2D eigenvalue weighted by Crippen LogP contribution is 2.31. The lowest BCUT2D eigenvalue weighted by Gasteiger charge is -2.21. The largest absolute Gasteiger partial charge is 0.465 e. The van der Waals surface area contributed by atoms with Crippen LogP contribution in [0.25, 0.3) is 0 Å². The van der Waals surface area contributed by atoms with Crippen molar-refractivity contribution in [2.24, 2.45) is 5.73 Å². The summed E-state index contributed by atoms with van der Waals surface area (Å²) in [6, 6.07) is 0. The van der Waals surface area contributed by atoms with Gasteiger partial charge in [0.15, 0.2) is 0 Å². The molecule has 0 spiro atoms. The number of hydrogen-bond acceptors (Lipinski definition) is 4. The van der Waals surface area contributed by atoms with Crippen LogP contribution in [0.15, 0.2) is 0 Å². The third-order valence-corrected chi connectivity index (χ3v) is 4.04. The topological polar surface area (TPSA) is 61.5 Å². The molecule has 0 bridgehead atoms. The molecule has 2 atom stereocenters. The molecule has 0 aromatic rings. The average Bonchev–Trinajstić information content (AvgIpc) is 2.81. The van der Waals surface area contributed by atoms with E-state index in [1.165, 1.54) is 32.1 Å². The van der Waals surface area contributed by atoms with Crippen LogP contribution >= 0.6 is 0 Å². The lowest BCUT2D eigenvalue weighted by Crippen LogP contribution is -2.47. The molecule has 0 saturated heterocycles. The molecular formula is C16H31NO3. The summed E-state index contributed by atoms with van der Waals surface area (Å²) >= 11 is 0. The van der Waals surface area contributed by atoms with Crippen LogP contribution in [0.1, 0.15) is 71.6 Å². The molecule has 1 aliphatic rings. The molecule has 2 unspecified atom stereocenters. The molecule has 1 rings (SSSR count). The minimum absolute atomic E-state index is 0.125. The first-order chi connectivity index (χ1) is 9.62. The van der Waals surface area contributed by atoms with Gasteiger partial charge in [0.1, 0.15) is 5.54 Å². The van der Waals surface area contributed by atoms with Gasteiger partial charge in [-0.15, -0.1) is 0 Å². The Morgan fingerprint density at radius 2 is 1.90 bits per heavy atom. The Hall–Kier alpha value is -0.610. The number of carbonyl (C=O) groups excluding carboxylic acids is 1. The molecule has 118 valence electrons. The zero-order valence-corrected chi connectivity index (χ0v) is 13.2. The Bertz CT molecular complexity index is 283. The minimum Gasteiger partial charge on any atom is -0.465 e. The molecule has 0 amide bonds. The predicted molar refractivity (Wildman–Crippen MR) is 80.5 cm³/mol. The summed E-state index contributed by atoms with van der Waals surface area (Å²) in [4.78, 5) is 11.8. The molecule has 2 N–H and O–H groups in total. The monoisotopic (exact) mass is 285 g/mol. The van der Waals surface area contributed by atoms with Crippen molar-refractivity contribution in [1.29, 1.82) is 0 Å². The van der Waals surface area contributed by atoms with Gasteiger partial charge in [0.2, 0.25) is 0 Å². The van der Waals surface area contributed by atoms with Crippen LogP contribution in [0, 0.1) is 0 Å². The van der Waals surface area contributed by atoms with Crippen LogP contribution in [-0.2, 0) is 14.3 Å². The smallest absolute Gasteiger partial charge is 0.326 e. The van der Waals surface area contributed by atoms with E-state index in [4.69, 9.17) is 15.2 Å². The maximum Gasteiger partial charge on any atom is 0.326 e. The van der Waals surface area contributed by atoms with Gasteiger partial charge in [0.05, 0.1) is 12.7 Å². The number of rotatable bonds is 10. The van der Waals surface area contributed by atoms with Gasteiger partial charge in [0, 0.05) is 13.0 Å². The molecule has 1 saturated carbocycles. The van der Waals surface area contributed by atoms with Crippen molar-refractivity contribution in [3.05, 3.63) is 0 Å². The normalized spacial score (nSPS) is 25.9. The summed E-state index contributed by atoms with van der Waals surface area (Å²) in [7, 11) is 0. The number of carbonyl (C=O) groups is 1. The van der Waals surface area contributed by atoms with Crippen LogP contribution in [0.4, 0.5) is 0 Å². The van der Waals surface area contributed by atoms with Crippen molar-refractivity contribution < 1.29 is 14.3 Å². The predicted octanol–water partition coefficient (Wildman–Crippen LogP) is 3.18. The Balaban J connectivity index is 2.10. The number of esters is 1. The van der Waals surface area contributed by atoms with Gasteiger partial charge in [-0.25, -0.2) is 0 Å². The molecule has 0 aromatic carbocycles. The highest BCUT2D eigenvalue weighted by molar-refractivity contribution is 5.81. The second-order valence-corrected chi connectivity index (χ2v) is 5.88. The van der Waals surface area contributed by atoms with Crippen molar-refractivity contribution in [2.75, 3.05) is 13.2 Å². The summed E-state index contributed by atoms with van der Waals surface area (Å²) in [5, 5.41) is 0. The van der Waals surface area contributed by atoms with Crippen molar-refractivity contribution in [2.45, 2.75) is 83.3 Å². The van der Waals surface area contributed by atoms with E-state index in [9.17, 15) is 4.79 Å². The van der Waals surface area contributed by atoms with E-state index in [0.29, 0.717) is 19.4 Å². The number of hydrogen-bond donors (Lipinski definition) is 1. The van der Waals surface area contributed by atoms with E-state index in [1.54, 1.807) is 0 Å². The second-order valence-electron chi connectivity index (χ2n) is 5.88. The number of nitrogens with two attached hydrogens (primary N) is 1. The van der Waals surface area contributed by atoms with Gasteiger partial charge in [-0.1, -0.05) is 39.0 Å². The third kappa shape index (κ3) is 5.80. The lowest BCUT2D eigenvalue weighted by molar-refractivity contribution is -0.149. The molecule has 0 radical (unpaired) electrons. The van der Waals surface area contributed by atoms with E-state index in [-0.39, 0.29) is 12.1 Å². The van der Waals surface area contributed by atoms with Gasteiger partial charge < -0.3 is 15.2 Å². The van der Waals surface area contributed by atoms with Gasteiger partial charge in [-0.05, 0) is 26.2 Å². The highest BCUT2D eigenvalue weighted by Gasteiger charge is 2.43. The Kier molecular flexibility index (Phi) is 8.15. The minimum atomic E-state index is -0.818. The summed E-state index contributed by atoms with van der Waals surface area (Å²) in [5.74, 6) is -0.273. The van der Waals surface area contributed by atoms with Gasteiger partial charge in [0.25, 0.3) is 0 Å². The number of unbranched alkanes of at least 4 members (excludes halogenated alkanes) is 5. The standard InChI is InChI=1S/C16H31NO3/c1-3-5-6-7-8-9-12-20-14-10-11-16(17,13-14)15(18)19-4-2/h14H,3-13,17H2,1-2H3. The van der Waals surface area contributed by atoms with Crippen molar-refractivity contribution in [3.8, 4) is 0 Å². The molecule has 4 nitrogen and oxygen atoms in total. The maximum atomic E-state index is 11.8. The molecule has 20 heavy (non-hydrogen) atoms. The van der Waals surface area contributed by atoms with Crippen molar-refractivity contribution in [1.82, 2.24) is 0 Å². The quantitative estimate of drug-likeness (QED) is 0.494. The van der Waals surface area contributed by atoms with E-state index in [1.807, 2.05) is 6.92 Å². The van der Waals surface area contributed by atoms with Gasteiger partial charge in [-0.2, -0.15) is 0 Å². The molecular weight excluding hydrogens is 254 g/mol. The SMILES string of the molecule is CCCCCCCCOC1CCC(N)(C(=O)OCC)C1. The Morgan fingerprint density at radius 3 is 2.60 bits per heavy atom. The van der Waals surface area contributed by atoms with Crippen molar-refractivity contribution >= 4 is 5.97 Å². The molecule has 1 aliphatic carbocycles. The highest BCUT2D eigenvalue weighted by atomic mass is 16.5. The summed E-state index contributed by atoms with van der Waals surface area (Å²) in [5.41, 5.74) is 5.29. The molecule has 0 heterocycles. The fourth-order valence-corrected chi connectivity index (χ4v) is 2.76. The maximum absolute atomic E-state index is 11.8. The summed E-state index contributed by atoms with van der Waals surface area (Å²) in [6.45, 7) is 5.21. The zero-order chi connectivity index (χ0) is 14.8.